The lowest BCUT2D eigenvalue weighted by atomic mass is 9.88. The third kappa shape index (κ3) is 1.61. The second-order valence-electron chi connectivity index (χ2n) is 3.40. The van der Waals surface area contributed by atoms with Crippen LogP contribution in [-0.2, 0) is 4.74 Å². The van der Waals surface area contributed by atoms with Gasteiger partial charge in [0.1, 0.15) is 6.10 Å². The lowest BCUT2D eigenvalue weighted by Crippen LogP contribution is -2.53. The van der Waals surface area contributed by atoms with Crippen molar-refractivity contribution in [3.63, 3.8) is 0 Å². The van der Waals surface area contributed by atoms with Gasteiger partial charge in [0.05, 0.1) is 24.9 Å². The summed E-state index contributed by atoms with van der Waals surface area (Å²) in [5.41, 5.74) is 0. The topological polar surface area (TPSA) is 69.9 Å². The van der Waals surface area contributed by atoms with Crippen molar-refractivity contribution in [3.05, 3.63) is 0 Å². The van der Waals surface area contributed by atoms with E-state index in [1.54, 1.807) is 13.8 Å². The molecule has 72 valence electrons. The van der Waals surface area contributed by atoms with E-state index in [4.69, 9.17) is 9.84 Å². The fourth-order valence-electron chi connectivity index (χ4n) is 1.56. The van der Waals surface area contributed by atoms with E-state index in [-0.39, 0.29) is 18.6 Å². The van der Waals surface area contributed by atoms with E-state index < -0.39 is 18.3 Å². The number of rotatable bonds is 1. The van der Waals surface area contributed by atoms with Crippen LogP contribution in [0.1, 0.15) is 13.8 Å². The Hall–Kier alpha value is -0.160. The molecule has 0 aromatic rings. The maximum Gasteiger partial charge on any atom is 0.107 e. The van der Waals surface area contributed by atoms with Crippen molar-refractivity contribution in [2.45, 2.75) is 38.3 Å². The number of aliphatic hydroxyl groups is 3. The average Bonchev–Trinajstić information content (AvgIpc) is 2.08. The molecule has 4 heteroatoms. The lowest BCUT2D eigenvalue weighted by molar-refractivity contribution is -0.199. The van der Waals surface area contributed by atoms with E-state index >= 15 is 0 Å². The van der Waals surface area contributed by atoms with E-state index in [0.717, 1.165) is 0 Å². The van der Waals surface area contributed by atoms with Crippen LogP contribution in [0.15, 0.2) is 0 Å². The van der Waals surface area contributed by atoms with Gasteiger partial charge in [-0.25, -0.2) is 0 Å². The van der Waals surface area contributed by atoms with Crippen molar-refractivity contribution < 1.29 is 20.1 Å². The largest absolute Gasteiger partial charge is 0.394 e. The minimum atomic E-state index is -0.777. The van der Waals surface area contributed by atoms with Crippen molar-refractivity contribution in [1.82, 2.24) is 0 Å². The third-order valence-corrected chi connectivity index (χ3v) is 2.51. The molecule has 12 heavy (non-hydrogen) atoms. The number of ether oxygens (including phenoxy) is 1. The van der Waals surface area contributed by atoms with Crippen LogP contribution in [0.4, 0.5) is 0 Å². The predicted molar refractivity (Wildman–Crippen MR) is 42.6 cm³/mol. The van der Waals surface area contributed by atoms with Crippen molar-refractivity contribution >= 4 is 0 Å². The quantitative estimate of drug-likeness (QED) is 0.485. The molecule has 0 aromatic heterocycles. The second kappa shape index (κ2) is 3.70. The molecule has 1 heterocycles. The maximum atomic E-state index is 9.48. The Morgan fingerprint density at radius 1 is 1.17 bits per heavy atom. The monoisotopic (exact) mass is 176 g/mol. The van der Waals surface area contributed by atoms with E-state index in [2.05, 4.69) is 0 Å². The van der Waals surface area contributed by atoms with Crippen molar-refractivity contribution in [2.24, 2.45) is 5.92 Å². The van der Waals surface area contributed by atoms with Gasteiger partial charge in [-0.1, -0.05) is 6.92 Å². The zero-order valence-corrected chi connectivity index (χ0v) is 7.34. The minimum Gasteiger partial charge on any atom is -0.394 e. The zero-order chi connectivity index (χ0) is 9.30. The molecule has 0 bridgehead atoms. The van der Waals surface area contributed by atoms with Gasteiger partial charge in [-0.15, -0.1) is 0 Å². The van der Waals surface area contributed by atoms with Crippen LogP contribution < -0.4 is 0 Å². The molecule has 1 saturated heterocycles. The van der Waals surface area contributed by atoms with Crippen LogP contribution in [0.5, 0.6) is 0 Å². The highest BCUT2D eigenvalue weighted by Gasteiger charge is 2.39. The molecular formula is C8H16O4. The van der Waals surface area contributed by atoms with Crippen LogP contribution in [0.3, 0.4) is 0 Å². The fourth-order valence-corrected chi connectivity index (χ4v) is 1.56. The smallest absolute Gasteiger partial charge is 0.107 e. The molecule has 1 rings (SSSR count). The summed E-state index contributed by atoms with van der Waals surface area (Å²) >= 11 is 0. The van der Waals surface area contributed by atoms with Crippen LogP contribution in [0.2, 0.25) is 0 Å². The molecule has 0 amide bonds. The normalized spacial score (nSPS) is 49.2. The van der Waals surface area contributed by atoms with Gasteiger partial charge in [0, 0.05) is 5.92 Å². The molecule has 0 saturated carbocycles. The van der Waals surface area contributed by atoms with Crippen LogP contribution in [0, 0.1) is 5.92 Å². The molecule has 0 spiro atoms. The molecule has 1 unspecified atom stereocenters. The first-order chi connectivity index (χ1) is 5.57. The van der Waals surface area contributed by atoms with E-state index in [1.807, 2.05) is 0 Å². The zero-order valence-electron chi connectivity index (χ0n) is 7.34. The summed E-state index contributed by atoms with van der Waals surface area (Å²) in [6.45, 7) is 3.27. The standard InChI is InChI=1S/C8H16O4/c1-4-7(10)5(2)12-6(3-9)8(4)11/h4-11H,3H2,1-2H3/t4-,5?,6-,7-,8+/m1/s1. The summed E-state index contributed by atoms with van der Waals surface area (Å²) in [6, 6.07) is 0. The fraction of sp³-hybridized carbons (Fsp3) is 1.00. The number of hydrogen-bond donors (Lipinski definition) is 3. The first kappa shape index (κ1) is 9.92. The van der Waals surface area contributed by atoms with Crippen LogP contribution in [0.25, 0.3) is 0 Å². The van der Waals surface area contributed by atoms with E-state index in [9.17, 15) is 10.2 Å². The Labute approximate surface area is 71.8 Å². The lowest BCUT2D eigenvalue weighted by Gasteiger charge is -2.39. The molecule has 1 aliphatic rings. The summed E-state index contributed by atoms with van der Waals surface area (Å²) in [7, 11) is 0. The molecule has 0 aromatic carbocycles. The number of hydrogen-bond acceptors (Lipinski definition) is 4. The molecule has 1 fully saturated rings. The van der Waals surface area contributed by atoms with Gasteiger partial charge in [-0.05, 0) is 6.92 Å². The van der Waals surface area contributed by atoms with E-state index in [0.29, 0.717) is 0 Å². The molecule has 4 nitrogen and oxygen atoms in total. The molecule has 3 N–H and O–H groups in total. The summed E-state index contributed by atoms with van der Waals surface area (Å²) < 4.78 is 5.18. The molecule has 0 aliphatic carbocycles. The highest BCUT2D eigenvalue weighted by Crippen LogP contribution is 2.25. The molecule has 0 radical (unpaired) electrons. The molecular weight excluding hydrogens is 160 g/mol. The SMILES string of the molecule is CC1O[C@H](CO)[C@@H](O)[C@H](C)[C@H]1O. The summed E-state index contributed by atoms with van der Waals surface area (Å²) in [5, 5.41) is 27.8. The van der Waals surface area contributed by atoms with Crippen molar-refractivity contribution in [3.8, 4) is 0 Å². The first-order valence-corrected chi connectivity index (χ1v) is 4.20. The van der Waals surface area contributed by atoms with Crippen LogP contribution in [-0.4, -0.2) is 46.3 Å². The Morgan fingerprint density at radius 2 is 1.75 bits per heavy atom. The summed E-state index contributed by atoms with van der Waals surface area (Å²) in [5.74, 6) is -0.245. The number of aliphatic hydroxyl groups excluding tert-OH is 3. The van der Waals surface area contributed by atoms with Gasteiger partial charge >= 0.3 is 0 Å². The Balaban J connectivity index is 2.63. The van der Waals surface area contributed by atoms with Gasteiger partial charge in [0.15, 0.2) is 0 Å². The summed E-state index contributed by atoms with van der Waals surface area (Å²) in [4.78, 5) is 0. The minimum absolute atomic E-state index is 0.206. The highest BCUT2D eigenvalue weighted by atomic mass is 16.5. The van der Waals surface area contributed by atoms with Crippen LogP contribution >= 0.6 is 0 Å². The maximum absolute atomic E-state index is 9.48. The Morgan fingerprint density at radius 3 is 2.25 bits per heavy atom. The Kier molecular flexibility index (Phi) is 3.06. The first-order valence-electron chi connectivity index (χ1n) is 4.20. The Bertz CT molecular complexity index is 145. The predicted octanol–water partition coefficient (Wildman–Crippen LogP) is -0.876. The molecule has 5 atom stereocenters. The molecule has 1 aliphatic heterocycles. The summed E-state index contributed by atoms with van der Waals surface area (Å²) in [6.07, 6.45) is -2.30. The van der Waals surface area contributed by atoms with Crippen molar-refractivity contribution in [1.29, 1.82) is 0 Å². The van der Waals surface area contributed by atoms with Gasteiger partial charge in [-0.3, -0.25) is 0 Å². The third-order valence-electron chi connectivity index (χ3n) is 2.51. The van der Waals surface area contributed by atoms with Gasteiger partial charge in [0.25, 0.3) is 0 Å². The average molecular weight is 176 g/mol. The van der Waals surface area contributed by atoms with Gasteiger partial charge in [-0.2, -0.15) is 0 Å². The van der Waals surface area contributed by atoms with Crippen molar-refractivity contribution in [2.75, 3.05) is 6.61 Å². The van der Waals surface area contributed by atoms with Gasteiger partial charge in [0.2, 0.25) is 0 Å². The highest BCUT2D eigenvalue weighted by molar-refractivity contribution is 4.87. The van der Waals surface area contributed by atoms with Gasteiger partial charge < -0.3 is 20.1 Å². The second-order valence-corrected chi connectivity index (χ2v) is 3.40. The van der Waals surface area contributed by atoms with E-state index in [1.165, 1.54) is 0 Å².